The van der Waals surface area contributed by atoms with Crippen molar-refractivity contribution in [2.45, 2.75) is 13.3 Å². The molecule has 2 aromatic rings. The van der Waals surface area contributed by atoms with Gasteiger partial charge in [0.1, 0.15) is 0 Å². The van der Waals surface area contributed by atoms with E-state index in [4.69, 9.17) is 0 Å². The quantitative estimate of drug-likeness (QED) is 0.542. The van der Waals surface area contributed by atoms with Gasteiger partial charge in [-0.25, -0.2) is 0 Å². The molecule has 0 unspecified atom stereocenters. The number of carbonyl (C=O) groups is 1. The smallest absolute Gasteiger partial charge is 0.262 e. The fraction of sp³-hybridized carbons (Fsp3) is 0.154. The lowest BCUT2D eigenvalue weighted by molar-refractivity contribution is 0.0950. The van der Waals surface area contributed by atoms with Gasteiger partial charge in [0.05, 0.1) is 0 Å². The van der Waals surface area contributed by atoms with Crippen LogP contribution in [0.4, 0.5) is 0 Å². The Hall–Kier alpha value is -1.83. The minimum Gasteiger partial charge on any atom is -0.285 e. The molecule has 1 aromatic heterocycles. The van der Waals surface area contributed by atoms with E-state index in [9.17, 15) is 4.79 Å². The van der Waals surface area contributed by atoms with Gasteiger partial charge in [0, 0.05) is 23.4 Å². The molecule has 0 spiro atoms. The lowest BCUT2D eigenvalue weighted by Gasteiger charge is -2.18. The molecule has 0 amide bonds. The summed E-state index contributed by atoms with van der Waals surface area (Å²) in [6, 6.07) is 11.9. The van der Waals surface area contributed by atoms with Crippen molar-refractivity contribution in [3.63, 3.8) is 0 Å². The number of benzene rings is 1. The van der Waals surface area contributed by atoms with E-state index < -0.39 is 0 Å². The maximum Gasteiger partial charge on any atom is 0.262 e. The van der Waals surface area contributed by atoms with Gasteiger partial charge in [-0.3, -0.25) is 9.36 Å². The number of nitrogens with zero attached hydrogens (tertiary/aromatic N) is 1. The van der Waals surface area contributed by atoms with E-state index in [0.717, 1.165) is 28.9 Å². The van der Waals surface area contributed by atoms with E-state index in [0.29, 0.717) is 0 Å². The minimum atomic E-state index is 0.106. The number of rotatable bonds is 0. The molecule has 2 nitrogen and oxygen atoms in total. The maximum absolute atomic E-state index is 12.2. The highest BCUT2D eigenvalue weighted by Gasteiger charge is 2.22. The summed E-state index contributed by atoms with van der Waals surface area (Å²) in [7, 11) is 0. The summed E-state index contributed by atoms with van der Waals surface area (Å²) in [5.41, 5.74) is 4.08. The van der Waals surface area contributed by atoms with Gasteiger partial charge in [-0.1, -0.05) is 18.2 Å². The summed E-state index contributed by atoms with van der Waals surface area (Å²) in [6.45, 7) is 1.97. The first kappa shape index (κ1) is 8.48. The van der Waals surface area contributed by atoms with Crippen LogP contribution in [0.1, 0.15) is 27.3 Å². The molecule has 15 heavy (non-hydrogen) atoms. The van der Waals surface area contributed by atoms with Gasteiger partial charge in [-0.2, -0.15) is 0 Å². The molecule has 0 bridgehead atoms. The van der Waals surface area contributed by atoms with Crippen molar-refractivity contribution in [1.29, 1.82) is 0 Å². The van der Waals surface area contributed by atoms with Gasteiger partial charge < -0.3 is 0 Å². The zero-order valence-corrected chi connectivity index (χ0v) is 8.53. The average Bonchev–Trinajstić information content (AvgIpc) is 2.61. The molecular weight excluding hydrogens is 186 g/mol. The van der Waals surface area contributed by atoms with Crippen LogP contribution in [0.3, 0.4) is 0 Å². The highest BCUT2D eigenvalue weighted by atomic mass is 16.2. The zero-order chi connectivity index (χ0) is 10.4. The van der Waals surface area contributed by atoms with Crippen LogP contribution in [-0.4, -0.2) is 10.5 Å². The van der Waals surface area contributed by atoms with Crippen LogP contribution in [0.15, 0.2) is 36.4 Å². The van der Waals surface area contributed by atoms with E-state index in [1.54, 1.807) is 0 Å². The molecule has 2 heteroatoms. The molecule has 74 valence electrons. The summed E-state index contributed by atoms with van der Waals surface area (Å²) >= 11 is 0. The predicted octanol–water partition coefficient (Wildman–Crippen LogP) is 2.39. The fourth-order valence-electron chi connectivity index (χ4n) is 2.22. The standard InChI is InChI=1S/C13H11NO/c1-9-6-7-11-8-10-4-2-3-5-12(10)13(15)14(9)11/h2-7H,8H2,1H3. The number of hydrogen-bond donors (Lipinski definition) is 0. The van der Waals surface area contributed by atoms with E-state index in [-0.39, 0.29) is 5.91 Å². The summed E-state index contributed by atoms with van der Waals surface area (Å²) in [5.74, 6) is 0.106. The summed E-state index contributed by atoms with van der Waals surface area (Å²) in [6.07, 6.45) is 0.857. The monoisotopic (exact) mass is 197 g/mol. The SMILES string of the molecule is Cc1ccc2n1C(=O)c1ccccc1C2. The van der Waals surface area contributed by atoms with Gasteiger partial charge in [0.15, 0.2) is 0 Å². The number of aromatic nitrogens is 1. The van der Waals surface area contributed by atoms with Crippen molar-refractivity contribution in [2.75, 3.05) is 0 Å². The third kappa shape index (κ3) is 1.08. The van der Waals surface area contributed by atoms with Crippen LogP contribution in [0.2, 0.25) is 0 Å². The van der Waals surface area contributed by atoms with Crippen molar-refractivity contribution in [2.24, 2.45) is 0 Å². The second-order valence-electron chi connectivity index (χ2n) is 3.94. The largest absolute Gasteiger partial charge is 0.285 e. The third-order valence-corrected chi connectivity index (χ3v) is 2.98. The molecular formula is C13H11NO. The number of aryl methyl sites for hydroxylation is 1. The first-order chi connectivity index (χ1) is 7.27. The summed E-state index contributed by atoms with van der Waals surface area (Å²) in [5, 5.41) is 0. The summed E-state index contributed by atoms with van der Waals surface area (Å²) < 4.78 is 1.81. The van der Waals surface area contributed by atoms with Gasteiger partial charge in [-0.15, -0.1) is 0 Å². The van der Waals surface area contributed by atoms with Crippen LogP contribution in [0.5, 0.6) is 0 Å². The van der Waals surface area contributed by atoms with Crippen LogP contribution in [0, 0.1) is 6.92 Å². The van der Waals surface area contributed by atoms with Crippen LogP contribution in [0.25, 0.3) is 0 Å². The summed E-state index contributed by atoms with van der Waals surface area (Å²) in [4.78, 5) is 12.2. The van der Waals surface area contributed by atoms with Crippen LogP contribution < -0.4 is 0 Å². The average molecular weight is 197 g/mol. The number of fused-ring (bicyclic) bond motifs is 2. The molecule has 0 saturated heterocycles. The van der Waals surface area contributed by atoms with Crippen LogP contribution >= 0.6 is 0 Å². The van der Waals surface area contributed by atoms with Crippen molar-refractivity contribution in [3.05, 3.63) is 58.9 Å². The molecule has 0 saturated carbocycles. The number of hydrogen-bond acceptors (Lipinski definition) is 1. The predicted molar refractivity (Wildman–Crippen MR) is 58.1 cm³/mol. The third-order valence-electron chi connectivity index (χ3n) is 2.98. The fourth-order valence-corrected chi connectivity index (χ4v) is 2.22. The van der Waals surface area contributed by atoms with Gasteiger partial charge >= 0.3 is 0 Å². The Bertz CT molecular complexity index is 551. The molecule has 1 aliphatic heterocycles. The Kier molecular flexibility index (Phi) is 1.60. The molecule has 0 atom stereocenters. The van der Waals surface area contributed by atoms with Gasteiger partial charge in [-0.05, 0) is 30.7 Å². The Morgan fingerprint density at radius 3 is 2.80 bits per heavy atom. The Balaban J connectivity index is 2.26. The second-order valence-corrected chi connectivity index (χ2v) is 3.94. The molecule has 0 fully saturated rings. The van der Waals surface area contributed by atoms with Gasteiger partial charge in [0.2, 0.25) is 0 Å². The Morgan fingerprint density at radius 1 is 1.13 bits per heavy atom. The van der Waals surface area contributed by atoms with E-state index in [2.05, 4.69) is 0 Å². The normalized spacial score (nSPS) is 13.5. The highest BCUT2D eigenvalue weighted by Crippen LogP contribution is 2.24. The minimum absolute atomic E-state index is 0.106. The lowest BCUT2D eigenvalue weighted by Crippen LogP contribution is -2.22. The van der Waals surface area contributed by atoms with Crippen molar-refractivity contribution in [1.82, 2.24) is 4.57 Å². The van der Waals surface area contributed by atoms with Crippen molar-refractivity contribution >= 4 is 5.91 Å². The topological polar surface area (TPSA) is 22.0 Å². The molecule has 0 aliphatic carbocycles. The second kappa shape index (κ2) is 2.83. The van der Waals surface area contributed by atoms with Gasteiger partial charge in [0.25, 0.3) is 5.91 Å². The van der Waals surface area contributed by atoms with E-state index in [1.807, 2.05) is 47.9 Å². The Morgan fingerprint density at radius 2 is 1.93 bits per heavy atom. The molecule has 0 N–H and O–H groups in total. The lowest BCUT2D eigenvalue weighted by atomic mass is 9.99. The zero-order valence-electron chi connectivity index (χ0n) is 8.53. The molecule has 1 aliphatic rings. The van der Waals surface area contributed by atoms with E-state index >= 15 is 0 Å². The first-order valence-corrected chi connectivity index (χ1v) is 5.07. The van der Waals surface area contributed by atoms with Crippen LogP contribution in [-0.2, 0) is 6.42 Å². The number of carbonyl (C=O) groups excluding carboxylic acids is 1. The molecule has 0 radical (unpaired) electrons. The Labute approximate surface area is 88.2 Å². The highest BCUT2D eigenvalue weighted by molar-refractivity contribution is 5.99. The molecule has 2 heterocycles. The first-order valence-electron chi connectivity index (χ1n) is 5.07. The maximum atomic E-state index is 12.2. The molecule has 1 aromatic carbocycles. The van der Waals surface area contributed by atoms with Crippen molar-refractivity contribution in [3.8, 4) is 0 Å². The van der Waals surface area contributed by atoms with Crippen molar-refractivity contribution < 1.29 is 4.79 Å². The van der Waals surface area contributed by atoms with E-state index in [1.165, 1.54) is 0 Å². The molecule has 3 rings (SSSR count).